The topological polar surface area (TPSA) is 44.8 Å². The Labute approximate surface area is 126 Å². The summed E-state index contributed by atoms with van der Waals surface area (Å²) in [5.74, 6) is 0.867. The van der Waals surface area contributed by atoms with E-state index in [-0.39, 0.29) is 18.2 Å². The number of hydrogen-bond acceptors (Lipinski definition) is 3. The molecule has 1 saturated heterocycles. The van der Waals surface area contributed by atoms with Gasteiger partial charge in [0.05, 0.1) is 13.1 Å². The number of carbonyl (C=O) groups is 1. The van der Waals surface area contributed by atoms with Gasteiger partial charge < -0.3 is 19.9 Å². The number of likely N-dealkylation sites (N-methyl/N-ethyl adjacent to an activating group) is 1. The van der Waals surface area contributed by atoms with E-state index in [9.17, 15) is 4.79 Å². The van der Waals surface area contributed by atoms with E-state index in [4.69, 9.17) is 4.74 Å². The fourth-order valence-electron chi connectivity index (χ4n) is 2.38. The van der Waals surface area contributed by atoms with Crippen LogP contribution in [0, 0.1) is 6.92 Å². The molecule has 1 aromatic rings. The first-order valence-corrected chi connectivity index (χ1v) is 7.37. The zero-order valence-electron chi connectivity index (χ0n) is 13.3. The summed E-state index contributed by atoms with van der Waals surface area (Å²) in [5.41, 5.74) is 1.21. The molecule has 1 heterocycles. The number of ether oxygens (including phenoxy) is 1. The number of benzene rings is 1. The maximum Gasteiger partial charge on any atom is 0.317 e. The first-order chi connectivity index (χ1) is 9.94. The van der Waals surface area contributed by atoms with Crippen molar-refractivity contribution in [3.8, 4) is 5.75 Å². The Hall–Kier alpha value is -1.75. The molecule has 1 atom stereocenters. The maximum atomic E-state index is 12.0. The lowest BCUT2D eigenvalue weighted by Gasteiger charge is -2.39. The van der Waals surface area contributed by atoms with E-state index in [1.165, 1.54) is 5.56 Å². The second-order valence-corrected chi connectivity index (χ2v) is 6.07. The van der Waals surface area contributed by atoms with Gasteiger partial charge in [0.25, 0.3) is 0 Å². The van der Waals surface area contributed by atoms with Crippen LogP contribution in [0.1, 0.15) is 12.5 Å². The van der Waals surface area contributed by atoms with E-state index in [2.05, 4.69) is 10.2 Å². The minimum atomic E-state index is -0.00638. The third-order valence-corrected chi connectivity index (χ3v) is 3.47. The molecule has 0 bridgehead atoms. The molecule has 0 aromatic heterocycles. The monoisotopic (exact) mass is 291 g/mol. The van der Waals surface area contributed by atoms with Crippen molar-refractivity contribution >= 4 is 6.03 Å². The van der Waals surface area contributed by atoms with Crippen LogP contribution >= 0.6 is 0 Å². The Morgan fingerprint density at radius 1 is 1.38 bits per heavy atom. The number of rotatable bonds is 5. The summed E-state index contributed by atoms with van der Waals surface area (Å²) in [4.78, 5) is 15.8. The average molecular weight is 291 g/mol. The fraction of sp³-hybridized carbons (Fsp3) is 0.562. The zero-order valence-corrected chi connectivity index (χ0v) is 13.3. The predicted octanol–water partition coefficient (Wildman–Crippen LogP) is 1.72. The standard InChI is InChI=1S/C16H25N3O2/c1-12-5-7-14(8-6-12)21-15-10-19(11-15)16(20)17-13(2)9-18(3)4/h5-8,13,15H,9-11H2,1-4H3,(H,17,20)/t13-/m0/s1. The molecule has 1 aliphatic rings. The van der Waals surface area contributed by atoms with Crippen LogP contribution in [0.3, 0.4) is 0 Å². The second kappa shape index (κ2) is 6.80. The molecule has 1 N–H and O–H groups in total. The number of urea groups is 1. The van der Waals surface area contributed by atoms with E-state index < -0.39 is 0 Å². The molecule has 1 fully saturated rings. The largest absolute Gasteiger partial charge is 0.487 e. The Kier molecular flexibility index (Phi) is 5.07. The molecule has 116 valence electrons. The first kappa shape index (κ1) is 15.6. The molecule has 0 spiro atoms. The molecule has 1 aliphatic heterocycles. The molecule has 0 unspecified atom stereocenters. The summed E-state index contributed by atoms with van der Waals surface area (Å²) in [6.07, 6.45) is 0.0996. The van der Waals surface area contributed by atoms with Crippen molar-refractivity contribution in [1.82, 2.24) is 15.1 Å². The molecular weight excluding hydrogens is 266 g/mol. The molecular formula is C16H25N3O2. The highest BCUT2D eigenvalue weighted by atomic mass is 16.5. The SMILES string of the molecule is Cc1ccc(OC2CN(C(=O)N[C@@H](C)CN(C)C)C2)cc1. The Bertz CT molecular complexity index is 467. The lowest BCUT2D eigenvalue weighted by molar-refractivity contribution is 0.0433. The molecule has 2 rings (SSSR count). The Morgan fingerprint density at radius 3 is 2.57 bits per heavy atom. The Balaban J connectivity index is 1.71. The van der Waals surface area contributed by atoms with Crippen molar-refractivity contribution in [2.45, 2.75) is 26.0 Å². The van der Waals surface area contributed by atoms with Crippen molar-refractivity contribution in [2.75, 3.05) is 33.7 Å². The van der Waals surface area contributed by atoms with Gasteiger partial charge in [-0.3, -0.25) is 0 Å². The minimum Gasteiger partial charge on any atom is -0.487 e. The van der Waals surface area contributed by atoms with Crippen LogP contribution in [0.5, 0.6) is 5.75 Å². The minimum absolute atomic E-state index is 0.00638. The number of amides is 2. The molecule has 5 heteroatoms. The summed E-state index contributed by atoms with van der Waals surface area (Å²) >= 11 is 0. The molecule has 0 aliphatic carbocycles. The number of nitrogens with zero attached hydrogens (tertiary/aromatic N) is 2. The first-order valence-electron chi connectivity index (χ1n) is 7.37. The quantitative estimate of drug-likeness (QED) is 0.898. The van der Waals surface area contributed by atoms with Gasteiger partial charge in [0, 0.05) is 12.6 Å². The van der Waals surface area contributed by atoms with Crippen molar-refractivity contribution < 1.29 is 9.53 Å². The fourth-order valence-corrected chi connectivity index (χ4v) is 2.38. The van der Waals surface area contributed by atoms with Gasteiger partial charge >= 0.3 is 6.03 Å². The summed E-state index contributed by atoms with van der Waals surface area (Å²) in [7, 11) is 4.00. The second-order valence-electron chi connectivity index (χ2n) is 6.07. The molecule has 5 nitrogen and oxygen atoms in total. The number of carbonyl (C=O) groups excluding carboxylic acids is 1. The molecule has 0 saturated carbocycles. The van der Waals surface area contributed by atoms with E-state index in [1.54, 1.807) is 4.90 Å². The lowest BCUT2D eigenvalue weighted by Crippen LogP contribution is -2.60. The zero-order chi connectivity index (χ0) is 15.4. The normalized spacial score (nSPS) is 16.5. The molecule has 0 radical (unpaired) electrons. The van der Waals surface area contributed by atoms with Crippen LogP contribution in [0.2, 0.25) is 0 Å². The van der Waals surface area contributed by atoms with Gasteiger partial charge in [-0.25, -0.2) is 4.79 Å². The van der Waals surface area contributed by atoms with E-state index in [0.29, 0.717) is 13.1 Å². The summed E-state index contributed by atoms with van der Waals surface area (Å²) < 4.78 is 5.83. The molecule has 21 heavy (non-hydrogen) atoms. The third-order valence-electron chi connectivity index (χ3n) is 3.47. The summed E-state index contributed by atoms with van der Waals surface area (Å²) in [6, 6.07) is 8.13. The summed E-state index contributed by atoms with van der Waals surface area (Å²) in [6.45, 7) is 6.19. The highest BCUT2D eigenvalue weighted by Gasteiger charge is 2.32. The predicted molar refractivity (Wildman–Crippen MR) is 83.7 cm³/mol. The third kappa shape index (κ3) is 4.63. The maximum absolute atomic E-state index is 12.0. The van der Waals surface area contributed by atoms with Crippen LogP contribution in [0.15, 0.2) is 24.3 Å². The van der Waals surface area contributed by atoms with Crippen LogP contribution in [0.25, 0.3) is 0 Å². The highest BCUT2D eigenvalue weighted by molar-refractivity contribution is 5.75. The number of hydrogen-bond donors (Lipinski definition) is 1. The van der Waals surface area contributed by atoms with Gasteiger partial charge in [0.15, 0.2) is 0 Å². The van der Waals surface area contributed by atoms with Gasteiger partial charge in [-0.1, -0.05) is 17.7 Å². The van der Waals surface area contributed by atoms with Crippen molar-refractivity contribution in [2.24, 2.45) is 0 Å². The number of likely N-dealkylation sites (tertiary alicyclic amines) is 1. The average Bonchev–Trinajstić information content (AvgIpc) is 2.34. The smallest absolute Gasteiger partial charge is 0.317 e. The summed E-state index contributed by atoms with van der Waals surface area (Å²) in [5, 5.41) is 2.99. The lowest BCUT2D eigenvalue weighted by atomic mass is 10.1. The molecule has 2 amide bonds. The van der Waals surface area contributed by atoms with Gasteiger partial charge in [-0.15, -0.1) is 0 Å². The van der Waals surface area contributed by atoms with Crippen molar-refractivity contribution in [3.63, 3.8) is 0 Å². The van der Waals surface area contributed by atoms with Gasteiger partial charge in [-0.05, 0) is 40.1 Å². The van der Waals surface area contributed by atoms with Crippen LogP contribution in [-0.2, 0) is 0 Å². The Morgan fingerprint density at radius 2 is 2.00 bits per heavy atom. The molecule has 1 aromatic carbocycles. The van der Waals surface area contributed by atoms with Crippen molar-refractivity contribution in [3.05, 3.63) is 29.8 Å². The highest BCUT2D eigenvalue weighted by Crippen LogP contribution is 2.18. The number of nitrogens with one attached hydrogen (secondary N) is 1. The van der Waals surface area contributed by atoms with Crippen LogP contribution < -0.4 is 10.1 Å². The number of aryl methyl sites for hydroxylation is 1. The van der Waals surface area contributed by atoms with Gasteiger partial charge in [-0.2, -0.15) is 0 Å². The van der Waals surface area contributed by atoms with Gasteiger partial charge in [0.2, 0.25) is 0 Å². The van der Waals surface area contributed by atoms with Gasteiger partial charge in [0.1, 0.15) is 11.9 Å². The van der Waals surface area contributed by atoms with E-state index >= 15 is 0 Å². The van der Waals surface area contributed by atoms with E-state index in [1.807, 2.05) is 52.2 Å². The van der Waals surface area contributed by atoms with Crippen LogP contribution in [0.4, 0.5) is 4.79 Å². The van der Waals surface area contributed by atoms with Crippen LogP contribution in [-0.4, -0.2) is 61.7 Å². The van der Waals surface area contributed by atoms with Crippen molar-refractivity contribution in [1.29, 1.82) is 0 Å². The van der Waals surface area contributed by atoms with E-state index in [0.717, 1.165) is 12.3 Å².